The fourth-order valence-electron chi connectivity index (χ4n) is 4.86. The first-order chi connectivity index (χ1) is 15.5. The van der Waals surface area contributed by atoms with E-state index in [0.29, 0.717) is 30.9 Å². The van der Waals surface area contributed by atoms with Gasteiger partial charge < -0.3 is 19.4 Å². The van der Waals surface area contributed by atoms with Gasteiger partial charge in [0.15, 0.2) is 0 Å². The van der Waals surface area contributed by atoms with Crippen LogP contribution in [0, 0.1) is 5.92 Å². The molecule has 10 heteroatoms. The lowest BCUT2D eigenvalue weighted by atomic mass is 9.88. The van der Waals surface area contributed by atoms with Crippen LogP contribution >= 0.6 is 0 Å². The summed E-state index contributed by atoms with van der Waals surface area (Å²) < 4.78 is 35.9. The van der Waals surface area contributed by atoms with Crippen molar-refractivity contribution in [2.24, 2.45) is 5.92 Å². The van der Waals surface area contributed by atoms with Crippen LogP contribution in [0.25, 0.3) is 11.5 Å². The van der Waals surface area contributed by atoms with Gasteiger partial charge in [0.2, 0.25) is 11.8 Å². The number of halogens is 2. The molecule has 1 saturated carbocycles. The second kappa shape index (κ2) is 8.57. The first-order valence-electron chi connectivity index (χ1n) is 10.9. The molecule has 170 valence electrons. The molecule has 3 heterocycles. The van der Waals surface area contributed by atoms with Gasteiger partial charge in [-0.25, -0.2) is 0 Å². The summed E-state index contributed by atoms with van der Waals surface area (Å²) >= 11 is 0. The molecular weight excluding hydrogens is 422 g/mol. The number of hydrogen-bond donors (Lipinski definition) is 1. The molecule has 3 aliphatic rings. The molecule has 1 aromatic heterocycles. The van der Waals surface area contributed by atoms with Gasteiger partial charge in [-0.3, -0.25) is 9.59 Å². The molecule has 3 atom stereocenters. The summed E-state index contributed by atoms with van der Waals surface area (Å²) in [6.45, 7) is 1.50. The maximum atomic E-state index is 13.3. The lowest BCUT2D eigenvalue weighted by Gasteiger charge is -2.38. The maximum absolute atomic E-state index is 13.3. The van der Waals surface area contributed by atoms with Crippen molar-refractivity contribution in [3.05, 3.63) is 35.2 Å². The van der Waals surface area contributed by atoms with E-state index >= 15 is 0 Å². The van der Waals surface area contributed by atoms with Crippen molar-refractivity contribution < 1.29 is 27.5 Å². The Morgan fingerprint density at radius 3 is 2.78 bits per heavy atom. The molecule has 2 aromatic rings. The normalized spacial score (nSPS) is 25.4. The first kappa shape index (κ1) is 21.0. The zero-order valence-electron chi connectivity index (χ0n) is 17.4. The van der Waals surface area contributed by atoms with E-state index in [1.165, 1.54) is 0 Å². The zero-order chi connectivity index (χ0) is 22.2. The average molecular weight is 446 g/mol. The highest BCUT2D eigenvalue weighted by molar-refractivity contribution is 5.99. The van der Waals surface area contributed by atoms with E-state index in [2.05, 4.69) is 15.5 Å². The van der Waals surface area contributed by atoms with Crippen LogP contribution in [0.5, 0.6) is 0 Å². The fraction of sp³-hybridized carbons (Fsp3) is 0.545. The number of carbonyl (C=O) groups is 2. The van der Waals surface area contributed by atoms with Gasteiger partial charge in [-0.15, -0.1) is 10.2 Å². The summed E-state index contributed by atoms with van der Waals surface area (Å²) in [7, 11) is 0. The minimum atomic E-state index is -2.85. The second-order valence-corrected chi connectivity index (χ2v) is 8.58. The largest absolute Gasteiger partial charge is 0.415 e. The van der Waals surface area contributed by atoms with E-state index in [4.69, 9.17) is 9.15 Å². The van der Waals surface area contributed by atoms with E-state index in [-0.39, 0.29) is 35.7 Å². The third kappa shape index (κ3) is 3.87. The SMILES string of the molecule is O=C(N[C@@H]1CCCC[C@H]1N1Cc2ccc(-c3nnc(C(F)F)o3)cc2C1=O)[C@H]1CCOC1. The highest BCUT2D eigenvalue weighted by Gasteiger charge is 2.39. The molecule has 1 aromatic carbocycles. The Morgan fingerprint density at radius 2 is 2.03 bits per heavy atom. The lowest BCUT2D eigenvalue weighted by Crippen LogP contribution is -2.54. The molecule has 8 nitrogen and oxygen atoms in total. The Hall–Kier alpha value is -2.88. The minimum Gasteiger partial charge on any atom is -0.415 e. The van der Waals surface area contributed by atoms with E-state index in [1.807, 2.05) is 4.90 Å². The van der Waals surface area contributed by atoms with Gasteiger partial charge in [0.1, 0.15) is 0 Å². The zero-order valence-corrected chi connectivity index (χ0v) is 17.4. The molecule has 0 spiro atoms. The monoisotopic (exact) mass is 446 g/mol. The predicted octanol–water partition coefficient (Wildman–Crippen LogP) is 3.09. The Balaban J connectivity index is 1.34. The molecule has 2 fully saturated rings. The van der Waals surface area contributed by atoms with Crippen LogP contribution in [-0.2, 0) is 16.1 Å². The highest BCUT2D eigenvalue weighted by atomic mass is 19.3. The van der Waals surface area contributed by atoms with Crippen molar-refractivity contribution in [1.82, 2.24) is 20.4 Å². The first-order valence-corrected chi connectivity index (χ1v) is 10.9. The van der Waals surface area contributed by atoms with Crippen LogP contribution in [0.4, 0.5) is 8.78 Å². The second-order valence-electron chi connectivity index (χ2n) is 8.58. The average Bonchev–Trinajstić information content (AvgIpc) is 3.55. The van der Waals surface area contributed by atoms with Crippen LogP contribution in [0.2, 0.25) is 0 Å². The third-order valence-corrected chi connectivity index (χ3v) is 6.57. The molecule has 1 aliphatic carbocycles. The quantitative estimate of drug-likeness (QED) is 0.758. The Labute approximate surface area is 183 Å². The third-order valence-electron chi connectivity index (χ3n) is 6.57. The van der Waals surface area contributed by atoms with Crippen molar-refractivity contribution in [2.45, 2.75) is 57.2 Å². The Bertz CT molecular complexity index is 1020. The van der Waals surface area contributed by atoms with Crippen LogP contribution < -0.4 is 5.32 Å². The summed E-state index contributed by atoms with van der Waals surface area (Å²) in [6, 6.07) is 4.91. The molecule has 2 amide bonds. The summed E-state index contributed by atoms with van der Waals surface area (Å²) in [5.74, 6) is -1.06. The molecule has 1 N–H and O–H groups in total. The number of nitrogens with one attached hydrogen (secondary N) is 1. The summed E-state index contributed by atoms with van der Waals surface area (Å²) in [5, 5.41) is 10.2. The molecule has 5 rings (SSSR count). The number of fused-ring (bicyclic) bond motifs is 1. The molecule has 32 heavy (non-hydrogen) atoms. The van der Waals surface area contributed by atoms with E-state index in [9.17, 15) is 18.4 Å². The van der Waals surface area contributed by atoms with Gasteiger partial charge in [-0.05, 0) is 37.0 Å². The lowest BCUT2D eigenvalue weighted by molar-refractivity contribution is -0.126. The van der Waals surface area contributed by atoms with Gasteiger partial charge in [-0.1, -0.05) is 18.9 Å². The van der Waals surface area contributed by atoms with Crippen molar-refractivity contribution in [1.29, 1.82) is 0 Å². The van der Waals surface area contributed by atoms with Gasteiger partial charge in [0, 0.05) is 30.3 Å². The van der Waals surface area contributed by atoms with Gasteiger partial charge in [0.25, 0.3) is 11.8 Å². The standard InChI is InChI=1S/C22H24F2N4O4/c23-18(24)21-27-26-20(32-21)12-5-6-13-10-28(22(30)15(13)9-12)17-4-2-1-3-16(17)25-19(29)14-7-8-31-11-14/h5-6,9,14,16-18H,1-4,7-8,10-11H2,(H,25,29)/t14-,16+,17+/m0/s1. The number of rotatable bonds is 5. The maximum Gasteiger partial charge on any atom is 0.314 e. The number of aromatic nitrogens is 2. The highest BCUT2D eigenvalue weighted by Crippen LogP contribution is 2.34. The number of amides is 2. The van der Waals surface area contributed by atoms with E-state index in [1.54, 1.807) is 18.2 Å². The molecule has 0 bridgehead atoms. The summed E-state index contributed by atoms with van der Waals surface area (Å²) in [5.41, 5.74) is 1.78. The minimum absolute atomic E-state index is 0.00271. The number of alkyl halides is 2. The molecule has 1 saturated heterocycles. The van der Waals surface area contributed by atoms with E-state index in [0.717, 1.165) is 37.7 Å². The molecule has 0 unspecified atom stereocenters. The number of hydrogen-bond acceptors (Lipinski definition) is 6. The van der Waals surface area contributed by atoms with Crippen LogP contribution in [-0.4, -0.2) is 52.2 Å². The Morgan fingerprint density at radius 1 is 1.19 bits per heavy atom. The van der Waals surface area contributed by atoms with E-state index < -0.39 is 12.3 Å². The molecular formula is C22H24F2N4O4. The van der Waals surface area contributed by atoms with Crippen LogP contribution in [0.15, 0.2) is 22.6 Å². The Kier molecular flexibility index (Phi) is 5.62. The predicted molar refractivity (Wildman–Crippen MR) is 108 cm³/mol. The number of benzene rings is 1. The van der Waals surface area contributed by atoms with Crippen molar-refractivity contribution in [2.75, 3.05) is 13.2 Å². The molecule has 0 radical (unpaired) electrons. The van der Waals surface area contributed by atoms with Gasteiger partial charge in [-0.2, -0.15) is 8.78 Å². The fourth-order valence-corrected chi connectivity index (χ4v) is 4.86. The molecule has 2 aliphatic heterocycles. The van der Waals surface area contributed by atoms with Crippen molar-refractivity contribution >= 4 is 11.8 Å². The topological polar surface area (TPSA) is 97.6 Å². The summed E-state index contributed by atoms with van der Waals surface area (Å²) in [4.78, 5) is 27.8. The van der Waals surface area contributed by atoms with Crippen LogP contribution in [0.3, 0.4) is 0 Å². The van der Waals surface area contributed by atoms with Gasteiger partial charge >= 0.3 is 6.43 Å². The number of ether oxygens (including phenoxy) is 1. The van der Waals surface area contributed by atoms with Gasteiger partial charge in [0.05, 0.1) is 18.6 Å². The smallest absolute Gasteiger partial charge is 0.314 e. The van der Waals surface area contributed by atoms with Crippen molar-refractivity contribution in [3.63, 3.8) is 0 Å². The summed E-state index contributed by atoms with van der Waals surface area (Å²) in [6.07, 6.45) is 1.52. The van der Waals surface area contributed by atoms with Crippen LogP contribution in [0.1, 0.15) is 60.3 Å². The number of carbonyl (C=O) groups excluding carboxylic acids is 2. The number of nitrogens with zero attached hydrogens (tertiary/aromatic N) is 3. The van der Waals surface area contributed by atoms with Crippen molar-refractivity contribution in [3.8, 4) is 11.5 Å².